The minimum Gasteiger partial charge on any atom is -0.477 e. The molecule has 0 radical (unpaired) electrons. The lowest BCUT2D eigenvalue weighted by Crippen LogP contribution is -2.37. The Kier molecular flexibility index (Phi) is 4.86. The Morgan fingerprint density at radius 3 is 2.79 bits per heavy atom. The number of hydrogen-bond acceptors (Lipinski definition) is 4. The molecule has 1 aromatic carbocycles. The lowest BCUT2D eigenvalue weighted by Gasteiger charge is -2.28. The van der Waals surface area contributed by atoms with Crippen LogP contribution >= 0.6 is 0 Å². The predicted octanol–water partition coefficient (Wildman–Crippen LogP) is 1.57. The first-order valence-electron chi connectivity index (χ1n) is 7.90. The molecular formula is C18H19N3O3. The molecule has 0 atom stereocenters. The Hall–Kier alpha value is -2.73. The van der Waals surface area contributed by atoms with E-state index in [1.165, 1.54) is 29.5 Å². The van der Waals surface area contributed by atoms with Crippen molar-refractivity contribution >= 4 is 11.9 Å². The molecule has 2 N–H and O–H groups in total. The normalized spacial score (nSPS) is 14.0. The minimum atomic E-state index is -1.14. The standard InChI is InChI=1S/C18H19N3O3/c22-17(14-5-7-19-16(11-14)18(23)24)20-8-10-21-9-6-13-3-1-2-4-15(13)12-21/h1-5,7,11H,6,8-10,12H2,(H,20,22)(H,23,24). The number of carbonyl (C=O) groups is 2. The van der Waals surface area contributed by atoms with Gasteiger partial charge >= 0.3 is 5.97 Å². The van der Waals surface area contributed by atoms with Gasteiger partial charge in [-0.25, -0.2) is 9.78 Å². The first kappa shape index (κ1) is 16.1. The molecule has 24 heavy (non-hydrogen) atoms. The van der Waals surface area contributed by atoms with Crippen LogP contribution in [0.1, 0.15) is 32.0 Å². The van der Waals surface area contributed by atoms with Gasteiger partial charge in [0.1, 0.15) is 5.69 Å². The topological polar surface area (TPSA) is 82.5 Å². The van der Waals surface area contributed by atoms with Crippen molar-refractivity contribution in [2.45, 2.75) is 13.0 Å². The Bertz CT molecular complexity index is 761. The van der Waals surface area contributed by atoms with Gasteiger partial charge in [-0.15, -0.1) is 0 Å². The van der Waals surface area contributed by atoms with Crippen molar-refractivity contribution in [2.75, 3.05) is 19.6 Å². The molecule has 6 nitrogen and oxygen atoms in total. The van der Waals surface area contributed by atoms with E-state index in [9.17, 15) is 9.59 Å². The fourth-order valence-electron chi connectivity index (χ4n) is 2.86. The van der Waals surface area contributed by atoms with Crippen LogP contribution in [0.3, 0.4) is 0 Å². The number of nitrogens with one attached hydrogen (secondary N) is 1. The maximum atomic E-state index is 12.1. The number of carboxylic acids is 1. The van der Waals surface area contributed by atoms with Crippen molar-refractivity contribution < 1.29 is 14.7 Å². The van der Waals surface area contributed by atoms with Crippen LogP contribution in [0.2, 0.25) is 0 Å². The number of fused-ring (bicyclic) bond motifs is 1. The molecule has 2 aromatic rings. The van der Waals surface area contributed by atoms with Crippen LogP contribution in [0.4, 0.5) is 0 Å². The monoisotopic (exact) mass is 325 g/mol. The zero-order valence-corrected chi connectivity index (χ0v) is 13.2. The van der Waals surface area contributed by atoms with E-state index >= 15 is 0 Å². The van der Waals surface area contributed by atoms with Crippen molar-refractivity contribution in [3.8, 4) is 0 Å². The molecule has 0 saturated carbocycles. The van der Waals surface area contributed by atoms with E-state index in [4.69, 9.17) is 5.11 Å². The van der Waals surface area contributed by atoms with Crippen LogP contribution in [0.15, 0.2) is 42.6 Å². The largest absolute Gasteiger partial charge is 0.477 e. The summed E-state index contributed by atoms with van der Waals surface area (Å²) in [5.74, 6) is -1.42. The van der Waals surface area contributed by atoms with Gasteiger partial charge in [0.15, 0.2) is 0 Å². The number of nitrogens with zero attached hydrogens (tertiary/aromatic N) is 2. The molecule has 6 heteroatoms. The van der Waals surface area contributed by atoms with Crippen molar-refractivity contribution in [3.05, 3.63) is 65.0 Å². The maximum absolute atomic E-state index is 12.1. The summed E-state index contributed by atoms with van der Waals surface area (Å²) < 4.78 is 0. The van der Waals surface area contributed by atoms with Gasteiger partial charge in [-0.2, -0.15) is 0 Å². The summed E-state index contributed by atoms with van der Waals surface area (Å²) in [6.07, 6.45) is 2.36. The van der Waals surface area contributed by atoms with Crippen LogP contribution in [-0.4, -0.2) is 46.5 Å². The number of aromatic nitrogens is 1. The van der Waals surface area contributed by atoms with Gasteiger partial charge in [-0.3, -0.25) is 9.69 Å². The van der Waals surface area contributed by atoms with Crippen LogP contribution in [0.25, 0.3) is 0 Å². The summed E-state index contributed by atoms with van der Waals surface area (Å²) in [7, 11) is 0. The van der Waals surface area contributed by atoms with E-state index in [0.29, 0.717) is 12.1 Å². The zero-order chi connectivity index (χ0) is 16.9. The number of benzene rings is 1. The second-order valence-electron chi connectivity index (χ2n) is 5.79. The van der Waals surface area contributed by atoms with Crippen molar-refractivity contribution in [2.24, 2.45) is 0 Å². The lowest BCUT2D eigenvalue weighted by atomic mass is 10.00. The van der Waals surface area contributed by atoms with E-state index < -0.39 is 5.97 Å². The highest BCUT2D eigenvalue weighted by Crippen LogP contribution is 2.17. The average molecular weight is 325 g/mol. The molecule has 0 spiro atoms. The van der Waals surface area contributed by atoms with Gasteiger partial charge in [0.25, 0.3) is 5.91 Å². The number of pyridine rings is 1. The number of carboxylic acid groups (broad SMARTS) is 1. The minimum absolute atomic E-state index is 0.129. The van der Waals surface area contributed by atoms with Crippen LogP contribution < -0.4 is 5.32 Å². The van der Waals surface area contributed by atoms with Gasteiger partial charge in [-0.1, -0.05) is 24.3 Å². The van der Waals surface area contributed by atoms with E-state index in [1.807, 2.05) is 6.07 Å². The smallest absolute Gasteiger partial charge is 0.354 e. The molecule has 0 fully saturated rings. The van der Waals surface area contributed by atoms with Gasteiger partial charge in [0, 0.05) is 37.9 Å². The molecule has 2 heterocycles. The Morgan fingerprint density at radius 2 is 2.00 bits per heavy atom. The summed E-state index contributed by atoms with van der Waals surface area (Å²) in [5.41, 5.74) is 2.92. The molecular weight excluding hydrogens is 306 g/mol. The predicted molar refractivity (Wildman–Crippen MR) is 89.0 cm³/mol. The summed E-state index contributed by atoms with van der Waals surface area (Å²) >= 11 is 0. The third-order valence-corrected chi connectivity index (χ3v) is 4.16. The highest BCUT2D eigenvalue weighted by Gasteiger charge is 2.16. The lowest BCUT2D eigenvalue weighted by molar-refractivity contribution is 0.0690. The number of rotatable bonds is 5. The second kappa shape index (κ2) is 7.23. The molecule has 0 unspecified atom stereocenters. The Morgan fingerprint density at radius 1 is 1.21 bits per heavy atom. The molecule has 124 valence electrons. The molecule has 1 aromatic heterocycles. The van der Waals surface area contributed by atoms with E-state index in [1.54, 1.807) is 0 Å². The van der Waals surface area contributed by atoms with Crippen molar-refractivity contribution in [1.82, 2.24) is 15.2 Å². The maximum Gasteiger partial charge on any atom is 0.354 e. The summed E-state index contributed by atoms with van der Waals surface area (Å²) in [4.78, 5) is 29.0. The highest BCUT2D eigenvalue weighted by atomic mass is 16.4. The molecule has 0 bridgehead atoms. The third-order valence-electron chi connectivity index (χ3n) is 4.16. The summed E-state index contributed by atoms with van der Waals surface area (Å²) in [6, 6.07) is 11.2. The molecule has 1 amide bonds. The summed E-state index contributed by atoms with van der Waals surface area (Å²) in [5, 5.41) is 11.8. The second-order valence-corrected chi connectivity index (χ2v) is 5.79. The molecule has 1 aliphatic rings. The summed E-state index contributed by atoms with van der Waals surface area (Å²) in [6.45, 7) is 3.15. The first-order valence-corrected chi connectivity index (χ1v) is 7.90. The third kappa shape index (κ3) is 3.78. The van der Waals surface area contributed by atoms with Crippen molar-refractivity contribution in [1.29, 1.82) is 0 Å². The van der Waals surface area contributed by atoms with Crippen LogP contribution in [-0.2, 0) is 13.0 Å². The molecule has 1 aliphatic heterocycles. The molecule has 0 saturated heterocycles. The fraction of sp³-hybridized carbons (Fsp3) is 0.278. The van der Waals surface area contributed by atoms with Gasteiger partial charge in [0.05, 0.1) is 0 Å². The van der Waals surface area contributed by atoms with Gasteiger partial charge in [-0.05, 0) is 29.7 Å². The first-order chi connectivity index (χ1) is 11.6. The SMILES string of the molecule is O=C(NCCN1CCc2ccccc2C1)c1ccnc(C(=O)O)c1. The zero-order valence-electron chi connectivity index (χ0n) is 13.2. The fourth-order valence-corrected chi connectivity index (χ4v) is 2.86. The number of aromatic carboxylic acids is 1. The van der Waals surface area contributed by atoms with Crippen LogP contribution in [0.5, 0.6) is 0 Å². The molecule has 3 rings (SSSR count). The van der Waals surface area contributed by atoms with Gasteiger partial charge < -0.3 is 10.4 Å². The van der Waals surface area contributed by atoms with E-state index in [2.05, 4.69) is 33.4 Å². The van der Waals surface area contributed by atoms with Crippen LogP contribution in [0, 0.1) is 0 Å². The quantitative estimate of drug-likeness (QED) is 0.872. The number of amides is 1. The van der Waals surface area contributed by atoms with E-state index in [0.717, 1.165) is 26.1 Å². The van der Waals surface area contributed by atoms with Crippen molar-refractivity contribution in [3.63, 3.8) is 0 Å². The Labute approximate surface area is 140 Å². The number of carbonyl (C=O) groups excluding carboxylic acids is 1. The van der Waals surface area contributed by atoms with Gasteiger partial charge in [0.2, 0.25) is 0 Å². The van der Waals surface area contributed by atoms with E-state index in [-0.39, 0.29) is 11.6 Å². The average Bonchev–Trinajstić information content (AvgIpc) is 2.61. The number of hydrogen-bond donors (Lipinski definition) is 2. The molecule has 0 aliphatic carbocycles. The highest BCUT2D eigenvalue weighted by molar-refractivity contribution is 5.96. The Balaban J connectivity index is 1.51.